The van der Waals surface area contributed by atoms with Gasteiger partial charge < -0.3 is 29.7 Å². The fourth-order valence-corrected chi connectivity index (χ4v) is 8.48. The average molecular weight is 622 g/mol. The second-order valence-corrected chi connectivity index (χ2v) is 14.5. The third-order valence-corrected chi connectivity index (χ3v) is 10.7. The van der Waals surface area contributed by atoms with Crippen LogP contribution >= 0.6 is 0 Å². The molecule has 1 amide bonds. The fraction of sp³-hybridized carbons (Fsp3) is 0.758. The van der Waals surface area contributed by atoms with E-state index in [1.165, 1.54) is 12.2 Å². The number of halogens is 1. The predicted molar refractivity (Wildman–Crippen MR) is 158 cm³/mol. The normalized spacial score (nSPS) is 37.7. The van der Waals surface area contributed by atoms with Crippen LogP contribution < -0.4 is 5.32 Å². The number of alkyl halides is 1. The Kier molecular flexibility index (Phi) is 9.45. The molecule has 0 aliphatic heterocycles. The van der Waals surface area contributed by atoms with E-state index < -0.39 is 76.2 Å². The Labute approximate surface area is 258 Å². The van der Waals surface area contributed by atoms with E-state index in [-0.39, 0.29) is 18.8 Å². The Hall–Kier alpha value is -2.79. The number of amides is 1. The van der Waals surface area contributed by atoms with Gasteiger partial charge >= 0.3 is 12.2 Å². The molecule has 0 unspecified atom stereocenters. The molecule has 3 saturated carbocycles. The number of carbonyl (C=O) groups is 4. The highest BCUT2D eigenvalue weighted by Gasteiger charge is 2.75. The minimum atomic E-state index is -2.07. The van der Waals surface area contributed by atoms with Crippen molar-refractivity contribution < 1.29 is 48.0 Å². The van der Waals surface area contributed by atoms with Gasteiger partial charge in [0.2, 0.25) is 5.78 Å². The summed E-state index contributed by atoms with van der Waals surface area (Å²) in [7, 11) is 0. The molecule has 0 heterocycles. The monoisotopic (exact) mass is 621 g/mol. The van der Waals surface area contributed by atoms with E-state index in [2.05, 4.69) is 5.32 Å². The van der Waals surface area contributed by atoms with E-state index in [0.717, 1.165) is 0 Å². The number of unbranched alkanes of at least 4 members (excludes halogenated alkanes) is 2. The Bertz CT molecular complexity index is 1230. The van der Waals surface area contributed by atoms with E-state index in [1.807, 2.05) is 0 Å². The topological polar surface area (TPSA) is 148 Å². The standard InChI is InChI=1S/C33H48FNO9/c1-20-16-24-23-11-10-21-17-22(36)12-13-30(21,5)32(23,34)25(37)18-31(24,6)33(20,41)26(38)19-43-28(40)42-15-9-7-8-14-35-27(39)44-29(2,3)4/h12-13,17,20,23-25,37,41H,7-11,14-16,18-19H2,1-6H3,(H,35,39)/t20-,23+,24+,25+,30+,31+,32+,33+/m1/s1. The predicted octanol–water partition coefficient (Wildman–Crippen LogP) is 4.75. The van der Waals surface area contributed by atoms with Crippen LogP contribution in [0, 0.1) is 28.6 Å². The molecule has 0 spiro atoms. The molecule has 0 saturated heterocycles. The molecule has 3 N–H and O–H groups in total. The minimum Gasteiger partial charge on any atom is -0.444 e. The van der Waals surface area contributed by atoms with E-state index in [1.54, 1.807) is 47.6 Å². The number of fused-ring (bicyclic) bond motifs is 5. The quantitative estimate of drug-likeness (QED) is 0.245. The van der Waals surface area contributed by atoms with Crippen molar-refractivity contribution in [2.24, 2.45) is 28.6 Å². The van der Waals surface area contributed by atoms with Crippen LogP contribution in [0.15, 0.2) is 23.8 Å². The lowest BCUT2D eigenvalue weighted by Crippen LogP contribution is -2.69. The van der Waals surface area contributed by atoms with Crippen molar-refractivity contribution in [2.75, 3.05) is 19.8 Å². The number of aliphatic hydroxyl groups excluding tert-OH is 1. The van der Waals surface area contributed by atoms with Crippen molar-refractivity contribution in [3.05, 3.63) is 23.8 Å². The summed E-state index contributed by atoms with van der Waals surface area (Å²) in [5.74, 6) is -2.53. The van der Waals surface area contributed by atoms with Gasteiger partial charge in [-0.1, -0.05) is 25.5 Å². The van der Waals surface area contributed by atoms with Crippen LogP contribution in [0.5, 0.6) is 0 Å². The summed E-state index contributed by atoms with van der Waals surface area (Å²) in [6.07, 6.45) is 4.28. The van der Waals surface area contributed by atoms with Gasteiger partial charge in [-0.2, -0.15) is 0 Å². The lowest BCUT2D eigenvalue weighted by atomic mass is 9.44. The summed E-state index contributed by atoms with van der Waals surface area (Å²) in [5.41, 5.74) is -6.26. The second-order valence-electron chi connectivity index (χ2n) is 14.5. The van der Waals surface area contributed by atoms with Crippen LogP contribution in [-0.2, 0) is 23.8 Å². The molecule has 11 heteroatoms. The number of ketones is 2. The number of aliphatic hydroxyl groups is 2. The van der Waals surface area contributed by atoms with Gasteiger partial charge in [-0.05, 0) is 96.6 Å². The van der Waals surface area contributed by atoms with Crippen LogP contribution in [-0.4, -0.2) is 76.8 Å². The molecule has 0 aromatic carbocycles. The summed E-state index contributed by atoms with van der Waals surface area (Å²) in [6, 6.07) is 0. The number of nitrogens with one attached hydrogen (secondary N) is 1. The average Bonchev–Trinajstić information content (AvgIpc) is 3.12. The Balaban J connectivity index is 1.31. The Morgan fingerprint density at radius 3 is 2.50 bits per heavy atom. The van der Waals surface area contributed by atoms with Crippen molar-refractivity contribution >= 4 is 23.8 Å². The highest BCUT2D eigenvalue weighted by atomic mass is 19.1. The number of ether oxygens (including phenoxy) is 3. The number of carbonyl (C=O) groups excluding carboxylic acids is 4. The first kappa shape index (κ1) is 34.1. The van der Waals surface area contributed by atoms with Crippen LogP contribution in [0.2, 0.25) is 0 Å². The van der Waals surface area contributed by atoms with Crippen LogP contribution in [0.1, 0.15) is 86.5 Å². The van der Waals surface area contributed by atoms with E-state index in [4.69, 9.17) is 14.2 Å². The van der Waals surface area contributed by atoms with Gasteiger partial charge in [-0.25, -0.2) is 14.0 Å². The second kappa shape index (κ2) is 12.2. The van der Waals surface area contributed by atoms with Gasteiger partial charge in [0, 0.05) is 23.3 Å². The zero-order valence-corrected chi connectivity index (χ0v) is 26.7. The summed E-state index contributed by atoms with van der Waals surface area (Å²) in [6.45, 7) is 10.3. The van der Waals surface area contributed by atoms with Gasteiger partial charge in [0.05, 0.1) is 12.7 Å². The number of hydrogen-bond donors (Lipinski definition) is 3. The Morgan fingerprint density at radius 2 is 1.82 bits per heavy atom. The number of rotatable bonds is 9. The molecule has 0 radical (unpaired) electrons. The molecular formula is C33H48FNO9. The van der Waals surface area contributed by atoms with E-state index in [0.29, 0.717) is 50.6 Å². The maximum atomic E-state index is 17.3. The molecule has 8 atom stereocenters. The molecule has 0 aromatic heterocycles. The lowest BCUT2D eigenvalue weighted by Gasteiger charge is -2.62. The van der Waals surface area contributed by atoms with Gasteiger partial charge in [0.25, 0.3) is 0 Å². The largest absolute Gasteiger partial charge is 0.508 e. The molecule has 0 aromatic rings. The fourth-order valence-electron chi connectivity index (χ4n) is 8.48. The number of alkyl carbamates (subject to hydrolysis) is 1. The summed E-state index contributed by atoms with van der Waals surface area (Å²) in [4.78, 5) is 49.5. The van der Waals surface area contributed by atoms with Crippen LogP contribution in [0.25, 0.3) is 0 Å². The molecule has 10 nitrogen and oxygen atoms in total. The minimum absolute atomic E-state index is 0.0572. The highest BCUT2D eigenvalue weighted by molar-refractivity contribution is 6.01. The molecule has 246 valence electrons. The molecule has 0 bridgehead atoms. The lowest BCUT2D eigenvalue weighted by molar-refractivity contribution is -0.219. The zero-order valence-electron chi connectivity index (χ0n) is 26.7. The molecular weight excluding hydrogens is 573 g/mol. The number of Topliss-reactive ketones (excluding diaryl/α,β-unsaturated/α-hetero) is 1. The van der Waals surface area contributed by atoms with Crippen LogP contribution in [0.3, 0.4) is 0 Å². The zero-order chi connectivity index (χ0) is 32.7. The molecule has 44 heavy (non-hydrogen) atoms. The number of allylic oxidation sites excluding steroid dienone is 4. The maximum Gasteiger partial charge on any atom is 0.508 e. The van der Waals surface area contributed by atoms with Crippen molar-refractivity contribution in [1.29, 1.82) is 0 Å². The van der Waals surface area contributed by atoms with E-state index in [9.17, 15) is 29.4 Å². The summed E-state index contributed by atoms with van der Waals surface area (Å²) < 4.78 is 32.6. The highest BCUT2D eigenvalue weighted by Crippen LogP contribution is 2.70. The van der Waals surface area contributed by atoms with Crippen molar-refractivity contribution in [2.45, 2.75) is 109 Å². The first-order valence-electron chi connectivity index (χ1n) is 15.7. The molecule has 3 fully saturated rings. The first-order valence-corrected chi connectivity index (χ1v) is 15.7. The Morgan fingerprint density at radius 1 is 1.11 bits per heavy atom. The van der Waals surface area contributed by atoms with Crippen molar-refractivity contribution in [3.63, 3.8) is 0 Å². The third kappa shape index (κ3) is 5.82. The maximum absolute atomic E-state index is 17.3. The van der Waals surface area contributed by atoms with Gasteiger partial charge in [0.1, 0.15) is 11.2 Å². The summed E-state index contributed by atoms with van der Waals surface area (Å²) >= 11 is 0. The van der Waals surface area contributed by atoms with Gasteiger partial charge in [-0.3, -0.25) is 9.59 Å². The molecule has 4 rings (SSSR count). The third-order valence-electron chi connectivity index (χ3n) is 10.7. The van der Waals surface area contributed by atoms with Gasteiger partial charge in [0.15, 0.2) is 18.1 Å². The summed E-state index contributed by atoms with van der Waals surface area (Å²) in [5, 5.41) is 26.1. The van der Waals surface area contributed by atoms with Gasteiger partial charge in [-0.15, -0.1) is 0 Å². The first-order chi connectivity index (χ1) is 20.4. The smallest absolute Gasteiger partial charge is 0.444 e. The van der Waals surface area contributed by atoms with Crippen molar-refractivity contribution in [3.8, 4) is 0 Å². The molecule has 4 aliphatic rings. The SMILES string of the molecule is C[C@@H]1C[C@H]2[C@@H]3CCC4=CC(=O)C=C[C@]4(C)[C@@]3(F)[C@@H](O)C[C@]2(C)[C@@]1(O)C(=O)COC(=O)OCCCCCNC(=O)OC(C)(C)C. The molecule has 4 aliphatic carbocycles. The number of hydrogen-bond acceptors (Lipinski definition) is 9. The van der Waals surface area contributed by atoms with Crippen LogP contribution in [0.4, 0.5) is 14.0 Å². The van der Waals surface area contributed by atoms with E-state index >= 15 is 4.39 Å². The van der Waals surface area contributed by atoms with Crippen molar-refractivity contribution in [1.82, 2.24) is 5.32 Å².